The summed E-state index contributed by atoms with van der Waals surface area (Å²) in [6.07, 6.45) is 0.705. The number of nitrogens with one attached hydrogen (secondary N) is 2. The van der Waals surface area contributed by atoms with E-state index in [-0.39, 0.29) is 22.9 Å². The molecule has 2 aromatic carbocycles. The first kappa shape index (κ1) is 21.6. The Labute approximate surface area is 165 Å². The summed E-state index contributed by atoms with van der Waals surface area (Å²) >= 11 is 0. The van der Waals surface area contributed by atoms with Crippen LogP contribution in [-0.4, -0.2) is 51.7 Å². The Morgan fingerprint density at radius 2 is 1.71 bits per heavy atom. The smallest absolute Gasteiger partial charge is 0.251 e. The van der Waals surface area contributed by atoms with Crippen LogP contribution in [0.3, 0.4) is 0 Å². The number of rotatable bonds is 8. The maximum atomic E-state index is 12.2. The molecule has 2 aromatic rings. The molecule has 0 aliphatic rings. The van der Waals surface area contributed by atoms with Crippen LogP contribution in [0.25, 0.3) is 0 Å². The van der Waals surface area contributed by atoms with E-state index >= 15 is 0 Å². The lowest BCUT2D eigenvalue weighted by Crippen LogP contribution is -2.37. The predicted molar refractivity (Wildman–Crippen MR) is 108 cm³/mol. The minimum atomic E-state index is -3.63. The highest BCUT2D eigenvalue weighted by atomic mass is 32.2. The quantitative estimate of drug-likeness (QED) is 0.695. The van der Waals surface area contributed by atoms with Crippen molar-refractivity contribution in [1.82, 2.24) is 14.9 Å². The largest absolute Gasteiger partial charge is 0.354 e. The lowest BCUT2D eigenvalue weighted by atomic mass is 10.1. The highest BCUT2D eigenvalue weighted by Crippen LogP contribution is 2.14. The monoisotopic (exact) mass is 403 g/mol. The molecule has 2 rings (SSSR count). The number of carbonyl (C=O) groups is 2. The Morgan fingerprint density at radius 1 is 1.00 bits per heavy atom. The lowest BCUT2D eigenvalue weighted by Gasteiger charge is -2.12. The van der Waals surface area contributed by atoms with Crippen LogP contribution < -0.4 is 10.6 Å². The summed E-state index contributed by atoms with van der Waals surface area (Å²) < 4.78 is 25.4. The molecular weight excluding hydrogens is 378 g/mol. The van der Waals surface area contributed by atoms with Crippen LogP contribution in [0.5, 0.6) is 0 Å². The third-order valence-electron chi connectivity index (χ3n) is 4.26. The van der Waals surface area contributed by atoms with E-state index in [0.29, 0.717) is 13.0 Å². The van der Waals surface area contributed by atoms with Gasteiger partial charge in [-0.15, -0.1) is 0 Å². The molecule has 2 amide bonds. The van der Waals surface area contributed by atoms with Gasteiger partial charge >= 0.3 is 0 Å². The topological polar surface area (TPSA) is 95.6 Å². The second-order valence-corrected chi connectivity index (χ2v) is 8.68. The number of amides is 2. The standard InChI is InChI=1S/C20H25N3O4S/c1-15-7-4-5-8-16(15)11-12-21-19(24)14-22-20(25)17-9-6-10-18(13-17)28(26,27)23(2)3/h4-10,13H,11-12,14H2,1-3H3,(H,21,24)(H,22,25). The number of aryl methyl sites for hydroxylation is 1. The number of nitrogens with zero attached hydrogens (tertiary/aromatic N) is 1. The summed E-state index contributed by atoms with van der Waals surface area (Å²) in [6, 6.07) is 13.7. The van der Waals surface area contributed by atoms with E-state index in [1.807, 2.05) is 31.2 Å². The third-order valence-corrected chi connectivity index (χ3v) is 6.07. The molecule has 0 saturated carbocycles. The molecule has 0 saturated heterocycles. The van der Waals surface area contributed by atoms with Crippen LogP contribution >= 0.6 is 0 Å². The van der Waals surface area contributed by atoms with E-state index < -0.39 is 15.9 Å². The Bertz CT molecular complexity index is 955. The van der Waals surface area contributed by atoms with E-state index in [1.165, 1.54) is 38.4 Å². The molecule has 7 nitrogen and oxygen atoms in total. The SMILES string of the molecule is Cc1ccccc1CCNC(=O)CNC(=O)c1cccc(S(=O)(=O)N(C)C)c1. The zero-order valence-corrected chi connectivity index (χ0v) is 17.0. The van der Waals surface area contributed by atoms with Gasteiger partial charge in [-0.05, 0) is 42.7 Å². The van der Waals surface area contributed by atoms with Gasteiger partial charge in [-0.3, -0.25) is 9.59 Å². The van der Waals surface area contributed by atoms with E-state index in [2.05, 4.69) is 10.6 Å². The van der Waals surface area contributed by atoms with Crippen molar-refractivity contribution in [1.29, 1.82) is 0 Å². The van der Waals surface area contributed by atoms with Crippen molar-refractivity contribution in [2.45, 2.75) is 18.2 Å². The van der Waals surface area contributed by atoms with Crippen LogP contribution in [0.2, 0.25) is 0 Å². The molecule has 0 atom stereocenters. The number of carbonyl (C=O) groups excluding carboxylic acids is 2. The number of sulfonamides is 1. The third kappa shape index (κ3) is 5.64. The fourth-order valence-electron chi connectivity index (χ4n) is 2.56. The summed E-state index contributed by atoms with van der Waals surface area (Å²) in [7, 11) is -0.792. The minimum absolute atomic E-state index is 0.0211. The first-order valence-corrected chi connectivity index (χ1v) is 10.3. The van der Waals surface area contributed by atoms with Gasteiger partial charge in [0.25, 0.3) is 5.91 Å². The van der Waals surface area contributed by atoms with Gasteiger partial charge in [-0.1, -0.05) is 30.3 Å². The Morgan fingerprint density at radius 3 is 2.39 bits per heavy atom. The van der Waals surface area contributed by atoms with Crippen molar-refractivity contribution >= 4 is 21.8 Å². The zero-order valence-electron chi connectivity index (χ0n) is 16.2. The molecule has 0 radical (unpaired) electrons. The molecule has 0 unspecified atom stereocenters. The van der Waals surface area contributed by atoms with Gasteiger partial charge in [0, 0.05) is 26.2 Å². The van der Waals surface area contributed by atoms with Crippen LogP contribution in [-0.2, 0) is 21.2 Å². The Hall–Kier alpha value is -2.71. The van der Waals surface area contributed by atoms with Crippen LogP contribution in [0.4, 0.5) is 0 Å². The second-order valence-electron chi connectivity index (χ2n) is 6.52. The first-order valence-electron chi connectivity index (χ1n) is 8.84. The van der Waals surface area contributed by atoms with Crippen molar-refractivity contribution in [3.63, 3.8) is 0 Å². The maximum Gasteiger partial charge on any atom is 0.251 e. The van der Waals surface area contributed by atoms with E-state index in [4.69, 9.17) is 0 Å². The summed E-state index contributed by atoms with van der Waals surface area (Å²) in [4.78, 5) is 24.2. The van der Waals surface area contributed by atoms with Gasteiger partial charge < -0.3 is 10.6 Å². The van der Waals surface area contributed by atoms with Gasteiger partial charge in [0.15, 0.2) is 0 Å². The fraction of sp³-hybridized carbons (Fsp3) is 0.300. The van der Waals surface area contributed by atoms with E-state index in [9.17, 15) is 18.0 Å². The highest BCUT2D eigenvalue weighted by Gasteiger charge is 2.18. The Kier molecular flexibility index (Phi) is 7.31. The fourth-order valence-corrected chi connectivity index (χ4v) is 3.51. The lowest BCUT2D eigenvalue weighted by molar-refractivity contribution is -0.120. The second kappa shape index (κ2) is 9.48. The predicted octanol–water partition coefficient (Wildman–Crippen LogP) is 1.33. The normalized spacial score (nSPS) is 11.3. The first-order chi connectivity index (χ1) is 13.2. The highest BCUT2D eigenvalue weighted by molar-refractivity contribution is 7.89. The summed E-state index contributed by atoms with van der Waals surface area (Å²) in [5.41, 5.74) is 2.50. The van der Waals surface area contributed by atoms with Crippen molar-refractivity contribution < 1.29 is 18.0 Å². The summed E-state index contributed by atoms with van der Waals surface area (Å²) in [6.45, 7) is 2.30. The molecule has 0 aliphatic heterocycles. The number of hydrogen-bond acceptors (Lipinski definition) is 4. The number of benzene rings is 2. The van der Waals surface area contributed by atoms with Crippen LogP contribution in [0.15, 0.2) is 53.4 Å². The van der Waals surface area contributed by atoms with Crippen molar-refractivity contribution in [2.24, 2.45) is 0 Å². The maximum absolute atomic E-state index is 12.2. The number of hydrogen-bond donors (Lipinski definition) is 2. The van der Waals surface area contributed by atoms with Crippen molar-refractivity contribution in [3.8, 4) is 0 Å². The summed E-state index contributed by atoms with van der Waals surface area (Å²) in [5, 5.41) is 5.27. The molecule has 0 bridgehead atoms. The van der Waals surface area contributed by atoms with Gasteiger partial charge in [0.2, 0.25) is 15.9 Å². The van der Waals surface area contributed by atoms with Gasteiger partial charge in [0.1, 0.15) is 0 Å². The van der Waals surface area contributed by atoms with Crippen LogP contribution in [0.1, 0.15) is 21.5 Å². The van der Waals surface area contributed by atoms with Gasteiger partial charge in [0.05, 0.1) is 11.4 Å². The van der Waals surface area contributed by atoms with Gasteiger partial charge in [-0.2, -0.15) is 0 Å². The average Bonchev–Trinajstić information content (AvgIpc) is 2.67. The van der Waals surface area contributed by atoms with Gasteiger partial charge in [-0.25, -0.2) is 12.7 Å². The minimum Gasteiger partial charge on any atom is -0.354 e. The molecule has 2 N–H and O–H groups in total. The molecule has 28 heavy (non-hydrogen) atoms. The van der Waals surface area contributed by atoms with Crippen molar-refractivity contribution in [2.75, 3.05) is 27.2 Å². The molecule has 150 valence electrons. The Balaban J connectivity index is 1.86. The molecule has 0 aliphatic carbocycles. The molecule has 0 aromatic heterocycles. The summed E-state index contributed by atoms with van der Waals surface area (Å²) in [5.74, 6) is -0.816. The average molecular weight is 404 g/mol. The van der Waals surface area contributed by atoms with Crippen LogP contribution in [0, 0.1) is 6.92 Å². The van der Waals surface area contributed by atoms with Crippen molar-refractivity contribution in [3.05, 3.63) is 65.2 Å². The zero-order chi connectivity index (χ0) is 20.7. The van der Waals surface area contributed by atoms with E-state index in [1.54, 1.807) is 0 Å². The molecule has 0 fully saturated rings. The molecule has 8 heteroatoms. The van der Waals surface area contributed by atoms with E-state index in [0.717, 1.165) is 15.4 Å². The molecule has 0 spiro atoms. The molecule has 0 heterocycles. The molecular formula is C20H25N3O4S.